The number of hydrogen-bond donors (Lipinski definition) is 1. The lowest BCUT2D eigenvalue weighted by Crippen LogP contribution is -2.37. The number of rotatable bonds is 3. The first-order valence-corrected chi connectivity index (χ1v) is 8.29. The Morgan fingerprint density at radius 3 is 2.82 bits per heavy atom. The highest BCUT2D eigenvalue weighted by molar-refractivity contribution is 7.92. The minimum atomic E-state index is -3.78. The molecule has 0 saturated heterocycles. The van der Waals surface area contributed by atoms with Gasteiger partial charge in [-0.15, -0.1) is 0 Å². The Bertz CT molecular complexity index is 842. The summed E-state index contributed by atoms with van der Waals surface area (Å²) in [6.45, 7) is 2.51. The SMILES string of the molecule is CCn1cc(S(=O)(=O)N2CCC(=O)c3cc(O)ccc32)cn1. The standard InChI is InChI=1S/C14H15N3O4S/c1-2-16-9-11(8-15-16)22(20,21)17-6-5-14(19)12-7-10(18)3-4-13(12)17/h3-4,7-9,18H,2,5-6H2,1H3. The Morgan fingerprint density at radius 1 is 1.36 bits per heavy atom. The molecule has 1 aromatic heterocycles. The largest absolute Gasteiger partial charge is 0.508 e. The monoisotopic (exact) mass is 321 g/mol. The van der Waals surface area contributed by atoms with Crippen molar-refractivity contribution in [2.75, 3.05) is 10.8 Å². The number of phenolic OH excluding ortho intramolecular Hbond substituents is 1. The van der Waals surface area contributed by atoms with E-state index in [4.69, 9.17) is 0 Å². The zero-order valence-corrected chi connectivity index (χ0v) is 12.7. The van der Waals surface area contributed by atoms with E-state index < -0.39 is 10.0 Å². The molecule has 116 valence electrons. The van der Waals surface area contributed by atoms with Gasteiger partial charge in [0.15, 0.2) is 5.78 Å². The van der Waals surface area contributed by atoms with Crippen LogP contribution >= 0.6 is 0 Å². The third kappa shape index (κ3) is 2.25. The highest BCUT2D eigenvalue weighted by Gasteiger charge is 2.33. The van der Waals surface area contributed by atoms with Crippen LogP contribution in [0.15, 0.2) is 35.5 Å². The molecule has 0 fully saturated rings. The highest BCUT2D eigenvalue weighted by atomic mass is 32.2. The lowest BCUT2D eigenvalue weighted by Gasteiger charge is -2.29. The lowest BCUT2D eigenvalue weighted by atomic mass is 10.0. The van der Waals surface area contributed by atoms with Gasteiger partial charge in [-0.05, 0) is 25.1 Å². The Hall–Kier alpha value is -2.35. The quantitative estimate of drug-likeness (QED) is 0.922. The van der Waals surface area contributed by atoms with Crippen molar-refractivity contribution in [2.45, 2.75) is 24.8 Å². The molecule has 1 aromatic carbocycles. The minimum absolute atomic E-state index is 0.0647. The summed E-state index contributed by atoms with van der Waals surface area (Å²) in [6.07, 6.45) is 2.85. The maximum absolute atomic E-state index is 12.8. The summed E-state index contributed by atoms with van der Waals surface area (Å²) in [6, 6.07) is 4.12. The van der Waals surface area contributed by atoms with Crippen LogP contribution in [-0.2, 0) is 16.6 Å². The maximum Gasteiger partial charge on any atom is 0.267 e. The van der Waals surface area contributed by atoms with E-state index >= 15 is 0 Å². The molecule has 2 aromatic rings. The second-order valence-electron chi connectivity index (χ2n) is 4.98. The van der Waals surface area contributed by atoms with Crippen LogP contribution in [0, 0.1) is 0 Å². The number of nitrogens with zero attached hydrogens (tertiary/aromatic N) is 3. The molecule has 3 rings (SSSR count). The molecule has 0 amide bonds. The highest BCUT2D eigenvalue weighted by Crippen LogP contribution is 2.33. The number of sulfonamides is 1. The fraction of sp³-hybridized carbons (Fsp3) is 0.286. The van der Waals surface area contributed by atoms with Gasteiger partial charge in [0.2, 0.25) is 0 Å². The number of aromatic nitrogens is 2. The molecule has 8 heteroatoms. The number of Topliss-reactive ketones (excluding diaryl/α,β-unsaturated/α-hetero) is 1. The molecule has 0 atom stereocenters. The van der Waals surface area contributed by atoms with E-state index in [0.29, 0.717) is 12.2 Å². The number of hydrogen-bond acceptors (Lipinski definition) is 5. The number of aryl methyl sites for hydroxylation is 1. The molecular weight excluding hydrogens is 306 g/mol. The van der Waals surface area contributed by atoms with E-state index in [1.165, 1.54) is 39.6 Å². The van der Waals surface area contributed by atoms with Gasteiger partial charge in [0, 0.05) is 31.3 Å². The van der Waals surface area contributed by atoms with E-state index in [9.17, 15) is 18.3 Å². The second-order valence-corrected chi connectivity index (χ2v) is 6.85. The number of phenols is 1. The number of ketones is 1. The molecule has 0 saturated carbocycles. The fourth-order valence-electron chi connectivity index (χ4n) is 2.45. The van der Waals surface area contributed by atoms with Crippen molar-refractivity contribution in [3.05, 3.63) is 36.2 Å². The van der Waals surface area contributed by atoms with Crippen molar-refractivity contribution in [2.24, 2.45) is 0 Å². The summed E-state index contributed by atoms with van der Waals surface area (Å²) in [5, 5.41) is 13.5. The van der Waals surface area contributed by atoms with Crippen LogP contribution in [0.5, 0.6) is 5.75 Å². The van der Waals surface area contributed by atoms with Crippen LogP contribution in [0.25, 0.3) is 0 Å². The Labute approximate surface area is 127 Å². The van der Waals surface area contributed by atoms with Gasteiger partial charge in [0.25, 0.3) is 10.0 Å². The minimum Gasteiger partial charge on any atom is -0.508 e. The first-order chi connectivity index (χ1) is 10.4. The van der Waals surface area contributed by atoms with Crippen LogP contribution in [0.2, 0.25) is 0 Å². The maximum atomic E-state index is 12.8. The average Bonchev–Trinajstić information content (AvgIpc) is 2.97. The molecule has 1 aliphatic heterocycles. The van der Waals surface area contributed by atoms with Crippen LogP contribution in [-0.4, -0.2) is 35.6 Å². The molecule has 22 heavy (non-hydrogen) atoms. The van der Waals surface area contributed by atoms with E-state index in [0.717, 1.165) is 0 Å². The molecule has 0 spiro atoms. The van der Waals surface area contributed by atoms with Gasteiger partial charge in [0.1, 0.15) is 10.6 Å². The van der Waals surface area contributed by atoms with E-state index in [1.807, 2.05) is 6.92 Å². The fourth-order valence-corrected chi connectivity index (χ4v) is 3.89. The van der Waals surface area contributed by atoms with Crippen molar-refractivity contribution in [3.8, 4) is 5.75 Å². The zero-order chi connectivity index (χ0) is 15.9. The molecule has 7 nitrogen and oxygen atoms in total. The molecule has 0 aliphatic carbocycles. The van der Waals surface area contributed by atoms with Crippen molar-refractivity contribution in [1.82, 2.24) is 9.78 Å². The van der Waals surface area contributed by atoms with Gasteiger partial charge >= 0.3 is 0 Å². The second kappa shape index (κ2) is 5.13. The van der Waals surface area contributed by atoms with Gasteiger partial charge in [0.05, 0.1) is 11.9 Å². The zero-order valence-electron chi connectivity index (χ0n) is 11.9. The van der Waals surface area contributed by atoms with Crippen LogP contribution in [0.3, 0.4) is 0 Å². The predicted molar refractivity (Wildman–Crippen MR) is 79.5 cm³/mol. The normalized spacial score (nSPS) is 15.0. The smallest absolute Gasteiger partial charge is 0.267 e. The Kier molecular flexibility index (Phi) is 3.40. The van der Waals surface area contributed by atoms with E-state index in [2.05, 4.69) is 5.10 Å². The number of carbonyl (C=O) groups excluding carboxylic acids is 1. The van der Waals surface area contributed by atoms with Crippen LogP contribution in [0.4, 0.5) is 5.69 Å². The van der Waals surface area contributed by atoms with E-state index in [1.54, 1.807) is 0 Å². The summed E-state index contributed by atoms with van der Waals surface area (Å²) < 4.78 is 28.3. The molecule has 0 bridgehead atoms. The van der Waals surface area contributed by atoms with Crippen molar-refractivity contribution < 1.29 is 18.3 Å². The summed E-state index contributed by atoms with van der Waals surface area (Å²) in [5.74, 6) is -0.244. The lowest BCUT2D eigenvalue weighted by molar-refractivity contribution is 0.0981. The van der Waals surface area contributed by atoms with Gasteiger partial charge in [-0.2, -0.15) is 5.10 Å². The Morgan fingerprint density at radius 2 is 2.14 bits per heavy atom. The molecule has 0 radical (unpaired) electrons. The summed E-state index contributed by atoms with van der Waals surface area (Å²) in [5.41, 5.74) is 0.510. The summed E-state index contributed by atoms with van der Waals surface area (Å²) in [7, 11) is -3.78. The van der Waals surface area contributed by atoms with Crippen LogP contribution < -0.4 is 4.31 Å². The first-order valence-electron chi connectivity index (χ1n) is 6.85. The van der Waals surface area contributed by atoms with Crippen LogP contribution in [0.1, 0.15) is 23.7 Å². The van der Waals surface area contributed by atoms with Crippen molar-refractivity contribution in [3.63, 3.8) is 0 Å². The van der Waals surface area contributed by atoms with Crippen molar-refractivity contribution >= 4 is 21.5 Å². The summed E-state index contributed by atoms with van der Waals surface area (Å²) in [4.78, 5) is 12.0. The molecule has 1 aliphatic rings. The van der Waals surface area contributed by atoms with Crippen molar-refractivity contribution in [1.29, 1.82) is 0 Å². The third-order valence-electron chi connectivity index (χ3n) is 3.61. The Balaban J connectivity index is 2.09. The molecule has 1 N–H and O–H groups in total. The summed E-state index contributed by atoms with van der Waals surface area (Å²) >= 11 is 0. The molecule has 0 unspecified atom stereocenters. The number of aromatic hydroxyl groups is 1. The molecule has 2 heterocycles. The van der Waals surface area contributed by atoms with Gasteiger partial charge < -0.3 is 5.11 Å². The number of anilines is 1. The van der Waals surface area contributed by atoms with Gasteiger partial charge in [-0.25, -0.2) is 8.42 Å². The number of benzene rings is 1. The van der Waals surface area contributed by atoms with Gasteiger partial charge in [-0.3, -0.25) is 13.8 Å². The molecular formula is C14H15N3O4S. The number of fused-ring (bicyclic) bond motifs is 1. The first kappa shape index (κ1) is 14.6. The topological polar surface area (TPSA) is 92.5 Å². The van der Waals surface area contributed by atoms with Gasteiger partial charge in [-0.1, -0.05) is 0 Å². The predicted octanol–water partition coefficient (Wildman–Crippen LogP) is 1.39. The average molecular weight is 321 g/mol. The number of carbonyl (C=O) groups is 1. The van der Waals surface area contributed by atoms with E-state index in [-0.39, 0.29) is 35.0 Å². The third-order valence-corrected chi connectivity index (χ3v) is 5.38.